The highest BCUT2D eigenvalue weighted by molar-refractivity contribution is 6.30. The van der Waals surface area contributed by atoms with Gasteiger partial charge in [-0.15, -0.1) is 0 Å². The maximum absolute atomic E-state index is 5.95. The first-order valence-electron chi connectivity index (χ1n) is 7.34. The molecule has 2 unspecified atom stereocenters. The number of anilines is 1. The summed E-state index contributed by atoms with van der Waals surface area (Å²) in [5.41, 5.74) is 2.45. The first-order chi connectivity index (χ1) is 10.1. The lowest BCUT2D eigenvalue weighted by atomic mass is 10.1. The molecule has 0 bridgehead atoms. The quantitative estimate of drug-likeness (QED) is 0.822. The summed E-state index contributed by atoms with van der Waals surface area (Å²) in [6.07, 6.45) is 0. The Morgan fingerprint density at radius 2 is 1.62 bits per heavy atom. The van der Waals surface area contributed by atoms with Crippen LogP contribution in [0.25, 0.3) is 0 Å². The fourth-order valence-corrected chi connectivity index (χ4v) is 2.45. The Balaban J connectivity index is 1.92. The number of hydrogen-bond acceptors (Lipinski definition) is 2. The highest BCUT2D eigenvalue weighted by Gasteiger charge is 2.17. The summed E-state index contributed by atoms with van der Waals surface area (Å²) in [5, 5.41) is 4.26. The molecular formula is C18H23ClN2. The van der Waals surface area contributed by atoms with Crippen molar-refractivity contribution < 1.29 is 0 Å². The first kappa shape index (κ1) is 15.9. The van der Waals surface area contributed by atoms with E-state index in [-0.39, 0.29) is 0 Å². The fourth-order valence-electron chi connectivity index (χ4n) is 2.32. The molecule has 2 aromatic carbocycles. The van der Waals surface area contributed by atoms with E-state index in [4.69, 9.17) is 11.6 Å². The van der Waals surface area contributed by atoms with Gasteiger partial charge in [-0.3, -0.25) is 4.90 Å². The van der Waals surface area contributed by atoms with Gasteiger partial charge in [0.25, 0.3) is 0 Å². The third-order valence-corrected chi connectivity index (χ3v) is 4.29. The number of nitrogens with zero attached hydrogens (tertiary/aromatic N) is 1. The average molecular weight is 303 g/mol. The van der Waals surface area contributed by atoms with Gasteiger partial charge in [0, 0.05) is 29.3 Å². The number of hydrogen-bond donors (Lipinski definition) is 1. The number of para-hydroxylation sites is 1. The molecule has 3 heteroatoms. The van der Waals surface area contributed by atoms with E-state index in [2.05, 4.69) is 55.4 Å². The van der Waals surface area contributed by atoms with Gasteiger partial charge in [0.15, 0.2) is 0 Å². The van der Waals surface area contributed by atoms with Gasteiger partial charge in [0.05, 0.1) is 0 Å². The number of rotatable bonds is 6. The highest BCUT2D eigenvalue weighted by atomic mass is 35.5. The molecule has 0 radical (unpaired) electrons. The Bertz CT molecular complexity index is 539. The van der Waals surface area contributed by atoms with Crippen LogP contribution in [0.5, 0.6) is 0 Å². The van der Waals surface area contributed by atoms with Gasteiger partial charge in [-0.05, 0) is 50.7 Å². The van der Waals surface area contributed by atoms with Crippen molar-refractivity contribution in [1.82, 2.24) is 4.90 Å². The Labute approximate surface area is 132 Å². The standard InChI is InChI=1S/C18H23ClN2/c1-14(13-20-18-7-5-4-6-8-18)21(3)15(2)16-9-11-17(19)12-10-16/h4-12,14-15,20H,13H2,1-3H3. The predicted molar refractivity (Wildman–Crippen MR) is 92.0 cm³/mol. The minimum absolute atomic E-state index is 0.356. The summed E-state index contributed by atoms with van der Waals surface area (Å²) < 4.78 is 0. The van der Waals surface area contributed by atoms with Gasteiger partial charge in [0.1, 0.15) is 0 Å². The molecule has 2 atom stereocenters. The molecular weight excluding hydrogens is 280 g/mol. The van der Waals surface area contributed by atoms with Crippen LogP contribution < -0.4 is 5.32 Å². The molecule has 0 amide bonds. The normalized spacial score (nSPS) is 14.0. The summed E-state index contributed by atoms with van der Waals surface area (Å²) in [4.78, 5) is 2.37. The van der Waals surface area contributed by atoms with Crippen molar-refractivity contribution in [3.63, 3.8) is 0 Å². The Morgan fingerprint density at radius 3 is 2.24 bits per heavy atom. The molecule has 2 rings (SSSR count). The van der Waals surface area contributed by atoms with Crippen LogP contribution in [0.3, 0.4) is 0 Å². The Morgan fingerprint density at radius 1 is 1.00 bits per heavy atom. The van der Waals surface area contributed by atoms with E-state index >= 15 is 0 Å². The van der Waals surface area contributed by atoms with E-state index in [1.807, 2.05) is 30.3 Å². The molecule has 112 valence electrons. The summed E-state index contributed by atoms with van der Waals surface area (Å²) in [7, 11) is 2.16. The second-order valence-electron chi connectivity index (χ2n) is 5.49. The van der Waals surface area contributed by atoms with E-state index in [1.54, 1.807) is 0 Å². The lowest BCUT2D eigenvalue weighted by Gasteiger charge is -2.31. The number of benzene rings is 2. The maximum Gasteiger partial charge on any atom is 0.0406 e. The third kappa shape index (κ3) is 4.48. The summed E-state index contributed by atoms with van der Waals surface area (Å²) in [6.45, 7) is 5.38. The van der Waals surface area contributed by atoms with E-state index in [9.17, 15) is 0 Å². The van der Waals surface area contributed by atoms with Gasteiger partial charge in [-0.1, -0.05) is 41.9 Å². The van der Waals surface area contributed by atoms with Crippen LogP contribution in [0, 0.1) is 0 Å². The largest absolute Gasteiger partial charge is 0.383 e. The van der Waals surface area contributed by atoms with Gasteiger partial charge in [-0.25, -0.2) is 0 Å². The van der Waals surface area contributed by atoms with E-state index in [0.717, 1.165) is 17.3 Å². The van der Waals surface area contributed by atoms with Crippen molar-refractivity contribution in [1.29, 1.82) is 0 Å². The highest BCUT2D eigenvalue weighted by Crippen LogP contribution is 2.22. The molecule has 0 spiro atoms. The van der Waals surface area contributed by atoms with Gasteiger partial charge < -0.3 is 5.32 Å². The fraction of sp³-hybridized carbons (Fsp3) is 0.333. The molecule has 0 saturated heterocycles. The zero-order valence-corrected chi connectivity index (χ0v) is 13.6. The minimum atomic E-state index is 0.356. The van der Waals surface area contributed by atoms with E-state index in [1.165, 1.54) is 5.56 Å². The molecule has 0 fully saturated rings. The van der Waals surface area contributed by atoms with Crippen molar-refractivity contribution >= 4 is 17.3 Å². The molecule has 0 saturated carbocycles. The topological polar surface area (TPSA) is 15.3 Å². The van der Waals surface area contributed by atoms with E-state index in [0.29, 0.717) is 12.1 Å². The molecule has 21 heavy (non-hydrogen) atoms. The zero-order chi connectivity index (χ0) is 15.2. The van der Waals surface area contributed by atoms with Gasteiger partial charge >= 0.3 is 0 Å². The van der Waals surface area contributed by atoms with Crippen LogP contribution in [0.2, 0.25) is 5.02 Å². The monoisotopic (exact) mass is 302 g/mol. The number of likely N-dealkylation sites (N-methyl/N-ethyl adjacent to an activating group) is 1. The number of nitrogens with one attached hydrogen (secondary N) is 1. The molecule has 1 N–H and O–H groups in total. The second kappa shape index (κ2) is 7.48. The van der Waals surface area contributed by atoms with Crippen LogP contribution in [-0.4, -0.2) is 24.5 Å². The predicted octanol–water partition coefficient (Wildman–Crippen LogP) is 4.83. The first-order valence-corrected chi connectivity index (χ1v) is 7.72. The van der Waals surface area contributed by atoms with Gasteiger partial charge in [0.2, 0.25) is 0 Å². The third-order valence-electron chi connectivity index (χ3n) is 4.03. The molecule has 0 aromatic heterocycles. The van der Waals surface area contributed by atoms with Crippen LogP contribution in [0.1, 0.15) is 25.5 Å². The van der Waals surface area contributed by atoms with Crippen LogP contribution >= 0.6 is 11.6 Å². The Hall–Kier alpha value is -1.51. The zero-order valence-electron chi connectivity index (χ0n) is 12.9. The molecule has 0 aliphatic heterocycles. The summed E-state index contributed by atoms with van der Waals surface area (Å²) in [5.74, 6) is 0. The smallest absolute Gasteiger partial charge is 0.0406 e. The maximum atomic E-state index is 5.95. The summed E-state index contributed by atoms with van der Waals surface area (Å²) >= 11 is 5.95. The lowest BCUT2D eigenvalue weighted by molar-refractivity contribution is 0.205. The van der Waals surface area contributed by atoms with Crippen molar-refractivity contribution in [2.45, 2.75) is 25.9 Å². The molecule has 0 aliphatic carbocycles. The molecule has 2 nitrogen and oxygen atoms in total. The molecule has 0 heterocycles. The van der Waals surface area contributed by atoms with Crippen LogP contribution in [0.4, 0.5) is 5.69 Å². The van der Waals surface area contributed by atoms with Crippen molar-refractivity contribution in [3.8, 4) is 0 Å². The molecule has 0 aliphatic rings. The minimum Gasteiger partial charge on any atom is -0.383 e. The average Bonchev–Trinajstić information content (AvgIpc) is 2.53. The van der Waals surface area contributed by atoms with Crippen molar-refractivity contribution in [2.24, 2.45) is 0 Å². The van der Waals surface area contributed by atoms with Crippen molar-refractivity contribution in [2.75, 3.05) is 18.9 Å². The Kier molecular flexibility index (Phi) is 5.66. The number of halogens is 1. The van der Waals surface area contributed by atoms with Crippen LogP contribution in [-0.2, 0) is 0 Å². The van der Waals surface area contributed by atoms with Crippen molar-refractivity contribution in [3.05, 3.63) is 65.2 Å². The van der Waals surface area contributed by atoms with Gasteiger partial charge in [-0.2, -0.15) is 0 Å². The second-order valence-corrected chi connectivity index (χ2v) is 5.93. The summed E-state index contributed by atoms with van der Waals surface area (Å²) in [6, 6.07) is 19.2. The lowest BCUT2D eigenvalue weighted by Crippen LogP contribution is -2.36. The SMILES string of the molecule is CC(CNc1ccccc1)N(C)C(C)c1ccc(Cl)cc1. The van der Waals surface area contributed by atoms with Crippen LogP contribution in [0.15, 0.2) is 54.6 Å². The molecule has 2 aromatic rings. The van der Waals surface area contributed by atoms with E-state index < -0.39 is 0 Å².